The molecule has 0 unspecified atom stereocenters. The summed E-state index contributed by atoms with van der Waals surface area (Å²) in [5.41, 5.74) is 4.40. The van der Waals surface area contributed by atoms with Gasteiger partial charge in [0, 0.05) is 11.2 Å². The molecule has 2 heterocycles. The third-order valence-corrected chi connectivity index (χ3v) is 7.09. The number of hydrogen-bond donors (Lipinski definition) is 1. The second-order valence-corrected chi connectivity index (χ2v) is 7.77. The molecule has 0 radical (unpaired) electrons. The van der Waals surface area contributed by atoms with E-state index < -0.39 is 21.3 Å². The molecule has 4 atom stereocenters. The highest BCUT2D eigenvalue weighted by molar-refractivity contribution is 8.00. The monoisotopic (exact) mass is 338 g/mol. The molecule has 0 amide bonds. The fraction of sp³-hybridized carbons (Fsp3) is 0.500. The lowest BCUT2D eigenvalue weighted by atomic mass is 9.80. The number of nitriles is 2. The van der Waals surface area contributed by atoms with E-state index in [-0.39, 0.29) is 5.84 Å². The molecule has 122 valence electrons. The van der Waals surface area contributed by atoms with Gasteiger partial charge in [0.2, 0.25) is 5.06 Å². The summed E-state index contributed by atoms with van der Waals surface area (Å²) in [6.45, 7) is 2.58. The fourth-order valence-corrected chi connectivity index (χ4v) is 6.45. The minimum Gasteiger partial charge on any atom is -0.386 e. The summed E-state index contributed by atoms with van der Waals surface area (Å²) in [6.07, 6.45) is 1.54. The number of thioether (sulfide) groups is 1. The molecule has 1 spiro atoms. The molecule has 1 saturated carbocycles. The van der Waals surface area contributed by atoms with Crippen LogP contribution in [-0.2, 0) is 10.2 Å². The van der Waals surface area contributed by atoms with Crippen LogP contribution in [0, 0.1) is 33.5 Å². The largest absolute Gasteiger partial charge is 0.386 e. The van der Waals surface area contributed by atoms with Gasteiger partial charge in [0.05, 0.1) is 18.7 Å². The van der Waals surface area contributed by atoms with Crippen LogP contribution < -0.4 is 5.73 Å². The average Bonchev–Trinajstić information content (AvgIpc) is 2.85. The first kappa shape index (κ1) is 15.5. The average molecular weight is 338 g/mol. The van der Waals surface area contributed by atoms with E-state index in [1.165, 1.54) is 11.8 Å². The summed E-state index contributed by atoms with van der Waals surface area (Å²) < 4.78 is 5.99. The quantitative estimate of drug-likeness (QED) is 0.914. The molecule has 0 bridgehead atoms. The van der Waals surface area contributed by atoms with Crippen molar-refractivity contribution in [3.05, 3.63) is 35.9 Å². The van der Waals surface area contributed by atoms with Gasteiger partial charge in [-0.05, 0) is 12.0 Å². The molecule has 1 aromatic rings. The maximum absolute atomic E-state index is 10.3. The Balaban J connectivity index is 2.05. The second kappa shape index (κ2) is 4.75. The number of nitrogens with two attached hydrogens (primary N) is 1. The van der Waals surface area contributed by atoms with E-state index in [0.717, 1.165) is 17.7 Å². The molecule has 1 aliphatic carbocycles. The molecule has 2 aliphatic heterocycles. The summed E-state index contributed by atoms with van der Waals surface area (Å²) in [5, 5.41) is 19.4. The molecule has 1 aromatic carbocycles. The zero-order chi connectivity index (χ0) is 17.1. The van der Waals surface area contributed by atoms with Crippen LogP contribution in [0.2, 0.25) is 0 Å². The van der Waals surface area contributed by atoms with Crippen LogP contribution in [0.1, 0.15) is 25.3 Å². The molecule has 5 nitrogen and oxygen atoms in total. The normalized spacial score (nSPS) is 42.2. The first-order valence-electron chi connectivity index (χ1n) is 8.14. The van der Waals surface area contributed by atoms with Crippen molar-refractivity contribution in [2.45, 2.75) is 30.2 Å². The summed E-state index contributed by atoms with van der Waals surface area (Å²) in [5.74, 6) is 0.997. The van der Waals surface area contributed by atoms with Gasteiger partial charge in [0.15, 0.2) is 10.8 Å². The summed E-state index contributed by atoms with van der Waals surface area (Å²) in [4.78, 5) is 4.53. The topological polar surface area (TPSA) is 95.2 Å². The SMILES string of the molecule is CCC[C@@]1(c2ccccc2)[C@]2(C#N)C(N)=N[C@@]3(OCCS3)[C@@]21C#N. The minimum absolute atomic E-state index is 0.248. The maximum Gasteiger partial charge on any atom is 0.231 e. The zero-order valence-corrected chi connectivity index (χ0v) is 14.3. The summed E-state index contributed by atoms with van der Waals surface area (Å²) in [6, 6.07) is 14.7. The van der Waals surface area contributed by atoms with Crippen molar-refractivity contribution in [2.24, 2.45) is 21.6 Å². The number of benzene rings is 1. The Morgan fingerprint density at radius 3 is 2.58 bits per heavy atom. The van der Waals surface area contributed by atoms with Crippen LogP contribution in [0.15, 0.2) is 35.3 Å². The lowest BCUT2D eigenvalue weighted by Gasteiger charge is -2.32. The Morgan fingerprint density at radius 2 is 2.04 bits per heavy atom. The molecule has 4 rings (SSSR count). The number of fused-ring (bicyclic) bond motifs is 2. The zero-order valence-electron chi connectivity index (χ0n) is 13.5. The fourth-order valence-electron chi connectivity index (χ4n) is 5.09. The molecule has 2 N–H and O–H groups in total. The smallest absolute Gasteiger partial charge is 0.231 e. The van der Waals surface area contributed by atoms with E-state index >= 15 is 0 Å². The molecule has 24 heavy (non-hydrogen) atoms. The lowest BCUT2D eigenvalue weighted by Crippen LogP contribution is -2.39. The first-order valence-corrected chi connectivity index (χ1v) is 9.13. The first-order chi connectivity index (χ1) is 11.6. The van der Waals surface area contributed by atoms with Crippen molar-refractivity contribution in [1.82, 2.24) is 0 Å². The van der Waals surface area contributed by atoms with Gasteiger partial charge < -0.3 is 10.5 Å². The van der Waals surface area contributed by atoms with Crippen LogP contribution in [0.25, 0.3) is 0 Å². The van der Waals surface area contributed by atoms with Gasteiger partial charge in [-0.1, -0.05) is 55.4 Å². The van der Waals surface area contributed by atoms with Crippen molar-refractivity contribution in [3.63, 3.8) is 0 Å². The number of hydrogen-bond acceptors (Lipinski definition) is 6. The van der Waals surface area contributed by atoms with Crippen LogP contribution >= 0.6 is 11.8 Å². The van der Waals surface area contributed by atoms with E-state index in [2.05, 4.69) is 24.1 Å². The van der Waals surface area contributed by atoms with Crippen LogP contribution in [0.4, 0.5) is 0 Å². The van der Waals surface area contributed by atoms with Crippen molar-refractivity contribution >= 4 is 17.6 Å². The molecule has 1 saturated heterocycles. The van der Waals surface area contributed by atoms with Gasteiger partial charge in [-0.3, -0.25) is 0 Å². The molecule has 3 aliphatic rings. The van der Waals surface area contributed by atoms with Gasteiger partial charge in [-0.15, -0.1) is 0 Å². The lowest BCUT2D eigenvalue weighted by molar-refractivity contribution is 0.0134. The number of amidine groups is 1. The van der Waals surface area contributed by atoms with E-state index in [0.29, 0.717) is 13.0 Å². The van der Waals surface area contributed by atoms with Crippen LogP contribution in [-0.4, -0.2) is 23.3 Å². The van der Waals surface area contributed by atoms with Crippen molar-refractivity contribution in [1.29, 1.82) is 10.5 Å². The van der Waals surface area contributed by atoms with Crippen molar-refractivity contribution in [3.8, 4) is 12.1 Å². The van der Waals surface area contributed by atoms with Gasteiger partial charge >= 0.3 is 0 Å². The Labute approximate surface area is 145 Å². The Morgan fingerprint density at radius 1 is 1.29 bits per heavy atom. The highest BCUT2D eigenvalue weighted by atomic mass is 32.2. The Bertz CT molecular complexity index is 805. The van der Waals surface area contributed by atoms with E-state index in [4.69, 9.17) is 10.5 Å². The number of rotatable bonds is 3. The van der Waals surface area contributed by atoms with E-state index in [1.54, 1.807) is 0 Å². The molecule has 6 heteroatoms. The van der Waals surface area contributed by atoms with Crippen LogP contribution in [0.5, 0.6) is 0 Å². The highest BCUT2D eigenvalue weighted by Gasteiger charge is 3.00. The summed E-state index contributed by atoms with van der Waals surface area (Å²) >= 11 is 1.50. The van der Waals surface area contributed by atoms with Gasteiger partial charge in [0.25, 0.3) is 0 Å². The van der Waals surface area contributed by atoms with Gasteiger partial charge in [0.1, 0.15) is 5.84 Å². The van der Waals surface area contributed by atoms with Crippen LogP contribution in [0.3, 0.4) is 0 Å². The second-order valence-electron chi connectivity index (χ2n) is 6.52. The maximum atomic E-state index is 10.3. The van der Waals surface area contributed by atoms with E-state index in [1.807, 2.05) is 30.3 Å². The predicted molar refractivity (Wildman–Crippen MR) is 91.9 cm³/mol. The minimum atomic E-state index is -1.12. The standard InChI is InChI=1S/C18H18N4OS/c1-2-8-15(13-6-4-3-5-7-13)16(11-19)14(21)22-18(17(15,16)12-20)23-9-10-24-18/h3-7H,2,8-10H2,1H3,(H2,21,22)/t15-,16+,17-,18-/m1/s1. The predicted octanol–water partition coefficient (Wildman–Crippen LogP) is 2.55. The highest BCUT2D eigenvalue weighted by Crippen LogP contribution is 2.88. The van der Waals surface area contributed by atoms with Crippen molar-refractivity contribution < 1.29 is 4.74 Å². The van der Waals surface area contributed by atoms with E-state index in [9.17, 15) is 10.5 Å². The Hall–Kier alpha value is -2.02. The van der Waals surface area contributed by atoms with Gasteiger partial charge in [-0.2, -0.15) is 10.5 Å². The summed E-state index contributed by atoms with van der Waals surface area (Å²) in [7, 11) is 0. The molecule has 0 aromatic heterocycles. The number of ether oxygens (including phenoxy) is 1. The van der Waals surface area contributed by atoms with Crippen molar-refractivity contribution in [2.75, 3.05) is 12.4 Å². The molecular formula is C18H18N4OS. The number of nitrogens with zero attached hydrogens (tertiary/aromatic N) is 3. The van der Waals surface area contributed by atoms with Gasteiger partial charge in [-0.25, -0.2) is 4.99 Å². The third-order valence-electron chi connectivity index (χ3n) is 5.81. The molecular weight excluding hydrogens is 320 g/mol. The molecule has 2 fully saturated rings. The third kappa shape index (κ3) is 1.25. The Kier molecular flexibility index (Phi) is 3.07. The number of aliphatic imine (C=N–C) groups is 1.